The molecular weight excluding hydrogens is 144 g/mol. The van der Waals surface area contributed by atoms with E-state index in [0.29, 0.717) is 11.2 Å². The Morgan fingerprint density at radius 2 is 2.36 bits per heavy atom. The Morgan fingerprint density at radius 1 is 1.55 bits per heavy atom. The van der Waals surface area contributed by atoms with E-state index in [0.717, 1.165) is 0 Å². The fourth-order valence-corrected chi connectivity index (χ4v) is 0.943. The summed E-state index contributed by atoms with van der Waals surface area (Å²) in [5, 5.41) is 7.54. The molecule has 0 aliphatic rings. The molecule has 11 heavy (non-hydrogen) atoms. The molecule has 2 aromatic rings. The van der Waals surface area contributed by atoms with Crippen molar-refractivity contribution >= 4 is 11.2 Å². The van der Waals surface area contributed by atoms with Gasteiger partial charge in [0.15, 0.2) is 5.65 Å². The summed E-state index contributed by atoms with van der Waals surface area (Å²) in [5.41, 5.74) is 1.22. The second-order valence-corrected chi connectivity index (χ2v) is 2.27. The van der Waals surface area contributed by atoms with Gasteiger partial charge in [0.2, 0.25) is 5.56 Å². The summed E-state index contributed by atoms with van der Waals surface area (Å²) >= 11 is 0. The van der Waals surface area contributed by atoms with Crippen LogP contribution in [-0.2, 0) is 7.05 Å². The molecule has 2 aromatic heterocycles. The number of aryl methyl sites for hydroxylation is 1. The molecule has 56 valence electrons. The fraction of sp³-hybridized carbons (Fsp3) is 0.167. The lowest BCUT2D eigenvalue weighted by molar-refractivity contribution is 0.729. The quantitative estimate of drug-likeness (QED) is 0.558. The minimum atomic E-state index is -0.136. The van der Waals surface area contributed by atoms with E-state index in [1.807, 2.05) is 0 Å². The molecular formula is C6H6N4O. The summed E-state index contributed by atoms with van der Waals surface area (Å²) in [6.45, 7) is 0. The number of H-pyrrole nitrogens is 1. The predicted octanol–water partition coefficient (Wildman–Crippen LogP) is -0.343. The highest BCUT2D eigenvalue weighted by Gasteiger charge is 1.99. The van der Waals surface area contributed by atoms with Gasteiger partial charge in [-0.25, -0.2) is 4.68 Å². The van der Waals surface area contributed by atoms with E-state index in [4.69, 9.17) is 0 Å². The van der Waals surface area contributed by atoms with Gasteiger partial charge in [0.05, 0.1) is 0 Å². The molecule has 0 aromatic carbocycles. The Morgan fingerprint density at radius 3 is 3.18 bits per heavy atom. The second kappa shape index (κ2) is 1.91. The first-order valence-corrected chi connectivity index (χ1v) is 3.16. The van der Waals surface area contributed by atoms with E-state index in [-0.39, 0.29) is 5.56 Å². The zero-order valence-electron chi connectivity index (χ0n) is 5.90. The van der Waals surface area contributed by atoms with Crippen LogP contribution < -0.4 is 5.56 Å². The molecule has 5 nitrogen and oxygen atoms in total. The number of nitrogens with zero attached hydrogens (tertiary/aromatic N) is 3. The first kappa shape index (κ1) is 6.09. The van der Waals surface area contributed by atoms with Crippen LogP contribution in [0.1, 0.15) is 0 Å². The van der Waals surface area contributed by atoms with Crippen molar-refractivity contribution in [2.45, 2.75) is 0 Å². The van der Waals surface area contributed by atoms with Gasteiger partial charge in [-0.05, 0) is 6.07 Å². The molecule has 0 radical (unpaired) electrons. The lowest BCUT2D eigenvalue weighted by Crippen LogP contribution is -2.04. The third-order valence-corrected chi connectivity index (χ3v) is 1.49. The van der Waals surface area contributed by atoms with Gasteiger partial charge >= 0.3 is 0 Å². The molecule has 0 amide bonds. The fourth-order valence-electron chi connectivity index (χ4n) is 0.943. The molecule has 0 aliphatic carbocycles. The molecule has 0 saturated heterocycles. The van der Waals surface area contributed by atoms with E-state index < -0.39 is 0 Å². The topological polar surface area (TPSA) is 63.6 Å². The Kier molecular flexibility index (Phi) is 1.06. The molecule has 5 heteroatoms. The van der Waals surface area contributed by atoms with E-state index in [1.54, 1.807) is 13.1 Å². The van der Waals surface area contributed by atoms with Crippen molar-refractivity contribution in [2.75, 3.05) is 0 Å². The maximum atomic E-state index is 10.8. The number of rotatable bonds is 0. The number of hydrogen-bond acceptors (Lipinski definition) is 3. The van der Waals surface area contributed by atoms with Crippen LogP contribution in [0.15, 0.2) is 16.9 Å². The highest BCUT2D eigenvalue weighted by Crippen LogP contribution is 2.00. The minimum absolute atomic E-state index is 0.136. The number of aromatic nitrogens is 4. The van der Waals surface area contributed by atoms with Gasteiger partial charge in [0, 0.05) is 13.1 Å². The molecule has 0 atom stereocenters. The number of hydrogen-bond donors (Lipinski definition) is 1. The van der Waals surface area contributed by atoms with Crippen LogP contribution in [-0.4, -0.2) is 20.0 Å². The SMILES string of the molecule is Cn1nnc2ccc(=O)[nH]c21. The maximum Gasteiger partial charge on any atom is 0.249 e. The Hall–Kier alpha value is -1.65. The zero-order chi connectivity index (χ0) is 7.84. The third kappa shape index (κ3) is 0.813. The van der Waals surface area contributed by atoms with Crippen LogP contribution in [0.25, 0.3) is 11.2 Å². The van der Waals surface area contributed by atoms with Gasteiger partial charge in [-0.3, -0.25) is 4.79 Å². The largest absolute Gasteiger partial charge is 0.305 e. The molecule has 0 spiro atoms. The standard InChI is InChI=1S/C6H6N4O/c1-10-6-4(8-9-10)2-3-5(11)7-6/h2-3H,1H3,(H,7,11). The second-order valence-electron chi connectivity index (χ2n) is 2.27. The van der Waals surface area contributed by atoms with Gasteiger partial charge in [-0.1, -0.05) is 5.21 Å². The minimum Gasteiger partial charge on any atom is -0.305 e. The molecule has 1 N–H and O–H groups in total. The van der Waals surface area contributed by atoms with Crippen molar-refractivity contribution in [3.63, 3.8) is 0 Å². The Balaban J connectivity index is 2.98. The first-order chi connectivity index (χ1) is 5.27. The number of aromatic amines is 1. The number of fused-ring (bicyclic) bond motifs is 1. The average Bonchev–Trinajstić information content (AvgIpc) is 2.33. The number of nitrogens with one attached hydrogen (secondary N) is 1. The van der Waals surface area contributed by atoms with E-state index >= 15 is 0 Å². The normalized spacial score (nSPS) is 10.6. The van der Waals surface area contributed by atoms with Crippen LogP contribution in [0.3, 0.4) is 0 Å². The summed E-state index contributed by atoms with van der Waals surface area (Å²) in [4.78, 5) is 13.4. The van der Waals surface area contributed by atoms with Crippen molar-refractivity contribution in [1.29, 1.82) is 0 Å². The average molecular weight is 150 g/mol. The molecule has 0 aliphatic heterocycles. The molecule has 2 heterocycles. The van der Waals surface area contributed by atoms with E-state index in [9.17, 15) is 4.79 Å². The first-order valence-electron chi connectivity index (χ1n) is 3.16. The van der Waals surface area contributed by atoms with Gasteiger partial charge in [0.25, 0.3) is 0 Å². The number of pyridine rings is 1. The highest BCUT2D eigenvalue weighted by molar-refractivity contribution is 5.68. The van der Waals surface area contributed by atoms with E-state index in [1.165, 1.54) is 10.7 Å². The molecule has 0 fully saturated rings. The van der Waals surface area contributed by atoms with Gasteiger partial charge in [-0.15, -0.1) is 5.10 Å². The van der Waals surface area contributed by atoms with Crippen molar-refractivity contribution in [2.24, 2.45) is 7.05 Å². The van der Waals surface area contributed by atoms with Crippen LogP contribution in [0.2, 0.25) is 0 Å². The molecule has 0 saturated carbocycles. The Labute approximate surface area is 61.7 Å². The summed E-state index contributed by atoms with van der Waals surface area (Å²) in [6.07, 6.45) is 0. The summed E-state index contributed by atoms with van der Waals surface area (Å²) in [5.74, 6) is 0. The van der Waals surface area contributed by atoms with Crippen LogP contribution in [0.5, 0.6) is 0 Å². The predicted molar refractivity (Wildman–Crippen MR) is 39.1 cm³/mol. The Bertz CT molecular complexity index is 441. The van der Waals surface area contributed by atoms with Gasteiger partial charge < -0.3 is 4.98 Å². The molecule has 2 rings (SSSR count). The van der Waals surface area contributed by atoms with Crippen molar-refractivity contribution in [3.05, 3.63) is 22.5 Å². The zero-order valence-corrected chi connectivity index (χ0v) is 5.90. The lowest BCUT2D eigenvalue weighted by Gasteiger charge is -1.88. The third-order valence-electron chi connectivity index (χ3n) is 1.49. The van der Waals surface area contributed by atoms with Crippen LogP contribution in [0.4, 0.5) is 0 Å². The summed E-state index contributed by atoms with van der Waals surface area (Å²) < 4.78 is 1.52. The van der Waals surface area contributed by atoms with Crippen molar-refractivity contribution < 1.29 is 0 Å². The molecule has 0 unspecified atom stereocenters. The molecule has 0 bridgehead atoms. The van der Waals surface area contributed by atoms with Crippen LogP contribution in [0, 0.1) is 0 Å². The highest BCUT2D eigenvalue weighted by atomic mass is 16.1. The van der Waals surface area contributed by atoms with Crippen LogP contribution >= 0.6 is 0 Å². The van der Waals surface area contributed by atoms with Crippen molar-refractivity contribution in [1.82, 2.24) is 20.0 Å². The summed E-state index contributed by atoms with van der Waals surface area (Å²) in [7, 11) is 1.73. The monoisotopic (exact) mass is 150 g/mol. The van der Waals surface area contributed by atoms with E-state index in [2.05, 4.69) is 15.3 Å². The van der Waals surface area contributed by atoms with Gasteiger partial charge in [0.1, 0.15) is 5.52 Å². The summed E-state index contributed by atoms with van der Waals surface area (Å²) in [6, 6.07) is 3.07. The smallest absolute Gasteiger partial charge is 0.249 e. The lowest BCUT2D eigenvalue weighted by atomic mass is 10.4. The van der Waals surface area contributed by atoms with Gasteiger partial charge in [-0.2, -0.15) is 0 Å². The van der Waals surface area contributed by atoms with Crippen molar-refractivity contribution in [3.8, 4) is 0 Å². The maximum absolute atomic E-state index is 10.8.